The van der Waals surface area contributed by atoms with Crippen LogP contribution in [-0.2, 0) is 6.54 Å². The van der Waals surface area contributed by atoms with Crippen LogP contribution in [0, 0.1) is 5.92 Å². The highest BCUT2D eigenvalue weighted by Crippen LogP contribution is 2.17. The maximum absolute atomic E-state index is 4.34. The van der Waals surface area contributed by atoms with Crippen molar-refractivity contribution in [3.05, 3.63) is 42.2 Å². The van der Waals surface area contributed by atoms with Gasteiger partial charge in [0.05, 0.1) is 0 Å². The predicted octanol–water partition coefficient (Wildman–Crippen LogP) is 4.54. The molecule has 1 heterocycles. The maximum atomic E-state index is 4.34. The Morgan fingerprint density at radius 1 is 1.05 bits per heavy atom. The minimum atomic E-state index is 0.563. The van der Waals surface area contributed by atoms with Crippen molar-refractivity contribution in [1.82, 2.24) is 10.3 Å². The molecule has 1 atom stereocenters. The average molecular weight is 270 g/mol. The molecular weight excluding hydrogens is 244 g/mol. The molecule has 1 aromatic heterocycles. The van der Waals surface area contributed by atoms with Crippen molar-refractivity contribution < 1.29 is 0 Å². The van der Waals surface area contributed by atoms with E-state index in [4.69, 9.17) is 0 Å². The number of fused-ring (bicyclic) bond motifs is 1. The third-order valence-electron chi connectivity index (χ3n) is 3.81. The first-order valence-corrected chi connectivity index (χ1v) is 7.72. The van der Waals surface area contributed by atoms with Gasteiger partial charge in [-0.15, -0.1) is 0 Å². The summed E-state index contributed by atoms with van der Waals surface area (Å²) in [6.07, 6.45) is 7.79. The summed E-state index contributed by atoms with van der Waals surface area (Å²) in [6.45, 7) is 7.76. The molecule has 0 radical (unpaired) electrons. The first kappa shape index (κ1) is 15.0. The van der Waals surface area contributed by atoms with Gasteiger partial charge in [-0.05, 0) is 30.2 Å². The van der Waals surface area contributed by atoms with E-state index in [1.54, 1.807) is 0 Å². The molecule has 2 aromatic rings. The van der Waals surface area contributed by atoms with Crippen LogP contribution in [0.15, 0.2) is 36.7 Å². The topological polar surface area (TPSA) is 24.9 Å². The molecule has 2 nitrogen and oxygen atoms in total. The summed E-state index contributed by atoms with van der Waals surface area (Å²) in [5.74, 6) is 0.810. The summed E-state index contributed by atoms with van der Waals surface area (Å²) in [7, 11) is 0. The summed E-state index contributed by atoms with van der Waals surface area (Å²) >= 11 is 0. The van der Waals surface area contributed by atoms with Crippen LogP contribution in [0.5, 0.6) is 0 Å². The van der Waals surface area contributed by atoms with Gasteiger partial charge in [0, 0.05) is 30.4 Å². The van der Waals surface area contributed by atoms with Gasteiger partial charge >= 0.3 is 0 Å². The van der Waals surface area contributed by atoms with E-state index < -0.39 is 0 Å². The zero-order chi connectivity index (χ0) is 14.4. The van der Waals surface area contributed by atoms with Gasteiger partial charge in [-0.2, -0.15) is 0 Å². The molecular formula is C18H26N2. The second-order valence-electron chi connectivity index (χ2n) is 6.13. The normalized spacial score (nSPS) is 13.0. The molecule has 1 N–H and O–H groups in total. The Morgan fingerprint density at radius 2 is 1.85 bits per heavy atom. The second kappa shape index (κ2) is 7.39. The SMILES string of the molecule is CC(C)CCCC(C)NCc1cncc2ccccc12. The Balaban J connectivity index is 1.89. The number of aromatic nitrogens is 1. The highest BCUT2D eigenvalue weighted by Gasteiger charge is 2.05. The lowest BCUT2D eigenvalue weighted by atomic mass is 10.0. The van der Waals surface area contributed by atoms with Gasteiger partial charge in [0.2, 0.25) is 0 Å². The van der Waals surface area contributed by atoms with Crippen LogP contribution in [0.2, 0.25) is 0 Å². The van der Waals surface area contributed by atoms with Gasteiger partial charge < -0.3 is 5.32 Å². The van der Waals surface area contributed by atoms with E-state index in [0.29, 0.717) is 6.04 Å². The first-order valence-electron chi connectivity index (χ1n) is 7.72. The number of benzene rings is 1. The third-order valence-corrected chi connectivity index (χ3v) is 3.81. The van der Waals surface area contributed by atoms with E-state index in [9.17, 15) is 0 Å². The van der Waals surface area contributed by atoms with Gasteiger partial charge in [0.25, 0.3) is 0 Å². The molecule has 0 aliphatic carbocycles. The highest BCUT2D eigenvalue weighted by molar-refractivity contribution is 5.84. The number of hydrogen-bond acceptors (Lipinski definition) is 2. The van der Waals surface area contributed by atoms with E-state index in [2.05, 4.69) is 55.3 Å². The first-order chi connectivity index (χ1) is 9.66. The lowest BCUT2D eigenvalue weighted by Gasteiger charge is -2.15. The second-order valence-corrected chi connectivity index (χ2v) is 6.13. The summed E-state index contributed by atoms with van der Waals surface area (Å²) in [4.78, 5) is 4.34. The van der Waals surface area contributed by atoms with Crippen LogP contribution >= 0.6 is 0 Å². The molecule has 0 saturated carbocycles. The fourth-order valence-electron chi connectivity index (χ4n) is 2.54. The monoisotopic (exact) mass is 270 g/mol. The lowest BCUT2D eigenvalue weighted by molar-refractivity contribution is 0.457. The fraction of sp³-hybridized carbons (Fsp3) is 0.500. The molecule has 0 amide bonds. The van der Waals surface area contributed by atoms with Crippen molar-refractivity contribution in [1.29, 1.82) is 0 Å². The van der Waals surface area contributed by atoms with Crippen LogP contribution in [0.25, 0.3) is 10.8 Å². The molecule has 1 unspecified atom stereocenters. The molecule has 0 spiro atoms. The summed E-state index contributed by atoms with van der Waals surface area (Å²) in [5.41, 5.74) is 1.29. The molecule has 1 aromatic carbocycles. The molecule has 2 heteroatoms. The molecule has 2 rings (SSSR count). The Morgan fingerprint density at radius 3 is 2.65 bits per heavy atom. The summed E-state index contributed by atoms with van der Waals surface area (Å²) in [5, 5.41) is 6.16. The summed E-state index contributed by atoms with van der Waals surface area (Å²) in [6, 6.07) is 9.02. The van der Waals surface area contributed by atoms with E-state index in [1.165, 1.54) is 35.6 Å². The standard InChI is InChI=1S/C18H26N2/c1-14(2)7-6-8-15(3)20-13-17-12-19-11-16-9-4-5-10-18(16)17/h4-5,9-12,14-15,20H,6-8,13H2,1-3H3. The van der Waals surface area contributed by atoms with Gasteiger partial charge in [0.15, 0.2) is 0 Å². The Kier molecular flexibility index (Phi) is 5.54. The van der Waals surface area contributed by atoms with Crippen molar-refractivity contribution in [3.8, 4) is 0 Å². The lowest BCUT2D eigenvalue weighted by Crippen LogP contribution is -2.25. The van der Waals surface area contributed by atoms with Gasteiger partial charge in [-0.3, -0.25) is 4.98 Å². The van der Waals surface area contributed by atoms with E-state index in [1.807, 2.05) is 12.4 Å². The third kappa shape index (κ3) is 4.31. The minimum Gasteiger partial charge on any atom is -0.310 e. The van der Waals surface area contributed by atoms with Crippen LogP contribution in [0.1, 0.15) is 45.6 Å². The smallest absolute Gasteiger partial charge is 0.0346 e. The average Bonchev–Trinajstić information content (AvgIpc) is 2.44. The number of hydrogen-bond donors (Lipinski definition) is 1. The molecule has 0 bridgehead atoms. The molecule has 0 fully saturated rings. The Hall–Kier alpha value is -1.41. The largest absolute Gasteiger partial charge is 0.310 e. The number of nitrogens with zero attached hydrogens (tertiary/aromatic N) is 1. The van der Waals surface area contributed by atoms with Crippen molar-refractivity contribution in [2.24, 2.45) is 5.92 Å². The van der Waals surface area contributed by atoms with Crippen molar-refractivity contribution in [2.75, 3.05) is 0 Å². The predicted molar refractivity (Wildman–Crippen MR) is 86.7 cm³/mol. The molecule has 0 saturated heterocycles. The van der Waals surface area contributed by atoms with E-state index in [0.717, 1.165) is 12.5 Å². The van der Waals surface area contributed by atoms with E-state index >= 15 is 0 Å². The van der Waals surface area contributed by atoms with Crippen LogP contribution < -0.4 is 5.32 Å². The number of rotatable bonds is 7. The maximum Gasteiger partial charge on any atom is 0.0346 e. The fourth-order valence-corrected chi connectivity index (χ4v) is 2.54. The van der Waals surface area contributed by atoms with Gasteiger partial charge in [0.1, 0.15) is 0 Å². The minimum absolute atomic E-state index is 0.563. The molecule has 0 aliphatic rings. The zero-order valence-corrected chi connectivity index (χ0v) is 12.9. The number of pyridine rings is 1. The van der Waals surface area contributed by atoms with Crippen molar-refractivity contribution >= 4 is 10.8 Å². The van der Waals surface area contributed by atoms with Crippen LogP contribution in [-0.4, -0.2) is 11.0 Å². The molecule has 20 heavy (non-hydrogen) atoms. The highest BCUT2D eigenvalue weighted by atomic mass is 14.9. The van der Waals surface area contributed by atoms with Gasteiger partial charge in [-0.25, -0.2) is 0 Å². The zero-order valence-electron chi connectivity index (χ0n) is 12.9. The van der Waals surface area contributed by atoms with Crippen LogP contribution in [0.3, 0.4) is 0 Å². The van der Waals surface area contributed by atoms with Gasteiger partial charge in [-0.1, -0.05) is 51.0 Å². The molecule has 0 aliphatic heterocycles. The van der Waals surface area contributed by atoms with Crippen molar-refractivity contribution in [3.63, 3.8) is 0 Å². The van der Waals surface area contributed by atoms with Crippen molar-refractivity contribution in [2.45, 2.75) is 52.6 Å². The Bertz CT molecular complexity index is 528. The number of nitrogens with one attached hydrogen (secondary N) is 1. The summed E-state index contributed by atoms with van der Waals surface area (Å²) < 4.78 is 0. The molecule has 108 valence electrons. The quantitative estimate of drug-likeness (QED) is 0.799. The van der Waals surface area contributed by atoms with E-state index in [-0.39, 0.29) is 0 Å². The Labute approximate surface area is 122 Å². The van der Waals surface area contributed by atoms with Crippen LogP contribution in [0.4, 0.5) is 0 Å².